The molecule has 0 saturated carbocycles. The fourth-order valence-electron chi connectivity index (χ4n) is 3.13. The average Bonchev–Trinajstić information content (AvgIpc) is 3.17. The van der Waals surface area contributed by atoms with E-state index in [1.54, 1.807) is 29.0 Å². The van der Waals surface area contributed by atoms with Crippen molar-refractivity contribution < 1.29 is 19.1 Å². The standard InChI is InChI=1S/C23H33N3O4/c1-4-30-16-9-14-26(23(28)20-10-6-5-7-11-20)19-22(27)25(15-17-29-3)18-21-12-8-13-24(21)2/h5-8,10-13H,4,9,14-19H2,1-3H3. The molecule has 0 saturated heterocycles. The number of aromatic nitrogens is 1. The molecule has 0 spiro atoms. The Hall–Kier alpha value is -2.64. The van der Waals surface area contributed by atoms with Crippen molar-refractivity contribution in [3.63, 3.8) is 0 Å². The Morgan fingerprint density at radius 2 is 1.77 bits per heavy atom. The molecule has 0 radical (unpaired) electrons. The molecule has 1 heterocycles. The topological polar surface area (TPSA) is 64.0 Å². The van der Waals surface area contributed by atoms with E-state index < -0.39 is 0 Å². The molecule has 0 aliphatic heterocycles. The van der Waals surface area contributed by atoms with Crippen LogP contribution in [0.4, 0.5) is 0 Å². The number of amides is 2. The first kappa shape index (κ1) is 23.6. The first-order chi connectivity index (χ1) is 14.6. The second kappa shape index (κ2) is 12.8. The molecule has 2 amide bonds. The van der Waals surface area contributed by atoms with Gasteiger partial charge in [0.1, 0.15) is 6.54 Å². The highest BCUT2D eigenvalue weighted by Crippen LogP contribution is 2.10. The van der Waals surface area contributed by atoms with E-state index in [-0.39, 0.29) is 18.4 Å². The van der Waals surface area contributed by atoms with E-state index in [4.69, 9.17) is 9.47 Å². The zero-order valence-electron chi connectivity index (χ0n) is 18.3. The minimum absolute atomic E-state index is 0.0218. The van der Waals surface area contributed by atoms with Gasteiger partial charge in [0.25, 0.3) is 5.91 Å². The van der Waals surface area contributed by atoms with Crippen LogP contribution in [0.25, 0.3) is 0 Å². The third-order valence-electron chi connectivity index (χ3n) is 4.88. The van der Waals surface area contributed by atoms with Gasteiger partial charge in [-0.1, -0.05) is 18.2 Å². The number of methoxy groups -OCH3 is 1. The summed E-state index contributed by atoms with van der Waals surface area (Å²) in [5.74, 6) is -0.250. The van der Waals surface area contributed by atoms with Crippen LogP contribution in [0.2, 0.25) is 0 Å². The monoisotopic (exact) mass is 415 g/mol. The van der Waals surface area contributed by atoms with Crippen LogP contribution >= 0.6 is 0 Å². The number of aryl methyl sites for hydroxylation is 1. The summed E-state index contributed by atoms with van der Waals surface area (Å²) in [5, 5.41) is 0. The SMILES string of the molecule is CCOCCCN(CC(=O)N(CCOC)Cc1cccn1C)C(=O)c1ccccc1. The van der Waals surface area contributed by atoms with Crippen molar-refractivity contribution in [2.45, 2.75) is 19.9 Å². The maximum absolute atomic E-state index is 13.2. The zero-order chi connectivity index (χ0) is 21.8. The predicted molar refractivity (Wildman–Crippen MR) is 116 cm³/mol. The van der Waals surface area contributed by atoms with Gasteiger partial charge in [-0.3, -0.25) is 9.59 Å². The van der Waals surface area contributed by atoms with Crippen molar-refractivity contribution in [2.75, 3.05) is 46.6 Å². The molecule has 0 atom stereocenters. The number of rotatable bonds is 13. The lowest BCUT2D eigenvalue weighted by atomic mass is 10.2. The van der Waals surface area contributed by atoms with E-state index in [0.29, 0.717) is 51.4 Å². The van der Waals surface area contributed by atoms with Crippen LogP contribution in [-0.4, -0.2) is 72.7 Å². The maximum Gasteiger partial charge on any atom is 0.254 e. The highest BCUT2D eigenvalue weighted by Gasteiger charge is 2.22. The third kappa shape index (κ3) is 7.31. The summed E-state index contributed by atoms with van der Waals surface area (Å²) >= 11 is 0. The van der Waals surface area contributed by atoms with Crippen LogP contribution < -0.4 is 0 Å². The van der Waals surface area contributed by atoms with Gasteiger partial charge in [0.15, 0.2) is 0 Å². The van der Waals surface area contributed by atoms with Crippen LogP contribution in [0, 0.1) is 0 Å². The minimum atomic E-state index is -0.147. The molecule has 7 nitrogen and oxygen atoms in total. The van der Waals surface area contributed by atoms with Gasteiger partial charge in [0, 0.05) is 57.9 Å². The van der Waals surface area contributed by atoms with Crippen LogP contribution in [0.3, 0.4) is 0 Å². The Bertz CT molecular complexity index is 776. The molecule has 0 fully saturated rings. The van der Waals surface area contributed by atoms with Gasteiger partial charge in [0.05, 0.1) is 13.2 Å². The summed E-state index contributed by atoms with van der Waals surface area (Å²) in [7, 11) is 3.57. The summed E-state index contributed by atoms with van der Waals surface area (Å²) in [6.07, 6.45) is 2.63. The molecular formula is C23H33N3O4. The number of benzene rings is 1. The number of carbonyl (C=O) groups excluding carboxylic acids is 2. The van der Waals surface area contributed by atoms with E-state index in [9.17, 15) is 9.59 Å². The fourth-order valence-corrected chi connectivity index (χ4v) is 3.13. The molecule has 0 unspecified atom stereocenters. The molecule has 0 aliphatic carbocycles. The first-order valence-corrected chi connectivity index (χ1v) is 10.4. The molecule has 2 rings (SSSR count). The van der Waals surface area contributed by atoms with Crippen molar-refractivity contribution in [3.8, 4) is 0 Å². The predicted octanol–water partition coefficient (Wildman–Crippen LogP) is 2.57. The lowest BCUT2D eigenvalue weighted by Crippen LogP contribution is -2.44. The quantitative estimate of drug-likeness (QED) is 0.472. The number of carbonyl (C=O) groups is 2. The number of ether oxygens (including phenoxy) is 2. The average molecular weight is 416 g/mol. The molecule has 2 aromatic rings. The number of hydrogen-bond donors (Lipinski definition) is 0. The van der Waals surface area contributed by atoms with E-state index in [1.807, 2.05) is 55.1 Å². The fraction of sp³-hybridized carbons (Fsp3) is 0.478. The summed E-state index contributed by atoms with van der Waals surface area (Å²) in [5.41, 5.74) is 1.60. The second-order valence-corrected chi connectivity index (χ2v) is 7.06. The van der Waals surface area contributed by atoms with Gasteiger partial charge in [-0.05, 0) is 37.6 Å². The Labute approximate surface area is 179 Å². The minimum Gasteiger partial charge on any atom is -0.383 e. The van der Waals surface area contributed by atoms with Crippen LogP contribution in [0.5, 0.6) is 0 Å². The van der Waals surface area contributed by atoms with Crippen LogP contribution in [-0.2, 0) is 27.9 Å². The highest BCUT2D eigenvalue weighted by atomic mass is 16.5. The Kier molecular flexibility index (Phi) is 10.1. The Balaban J connectivity index is 2.11. The lowest BCUT2D eigenvalue weighted by Gasteiger charge is -2.28. The van der Waals surface area contributed by atoms with Crippen LogP contribution in [0.15, 0.2) is 48.7 Å². The smallest absolute Gasteiger partial charge is 0.254 e. The lowest BCUT2D eigenvalue weighted by molar-refractivity contribution is -0.133. The molecule has 0 bridgehead atoms. The molecule has 0 N–H and O–H groups in total. The normalized spacial score (nSPS) is 10.8. The van der Waals surface area contributed by atoms with E-state index >= 15 is 0 Å². The van der Waals surface area contributed by atoms with Gasteiger partial charge in [-0.25, -0.2) is 0 Å². The molecule has 30 heavy (non-hydrogen) atoms. The van der Waals surface area contributed by atoms with E-state index in [0.717, 1.165) is 5.69 Å². The van der Waals surface area contributed by atoms with Gasteiger partial charge in [-0.15, -0.1) is 0 Å². The highest BCUT2D eigenvalue weighted by molar-refractivity contribution is 5.96. The van der Waals surface area contributed by atoms with Crippen molar-refractivity contribution in [2.24, 2.45) is 7.05 Å². The molecule has 0 aliphatic rings. The summed E-state index contributed by atoms with van der Waals surface area (Å²) < 4.78 is 12.6. The molecule has 7 heteroatoms. The van der Waals surface area contributed by atoms with Gasteiger partial charge in [-0.2, -0.15) is 0 Å². The van der Waals surface area contributed by atoms with Crippen LogP contribution in [0.1, 0.15) is 29.4 Å². The van der Waals surface area contributed by atoms with Gasteiger partial charge in [0.2, 0.25) is 5.91 Å². The van der Waals surface area contributed by atoms with Crippen molar-refractivity contribution in [3.05, 3.63) is 59.9 Å². The molecule has 1 aromatic carbocycles. The Morgan fingerprint density at radius 3 is 2.40 bits per heavy atom. The summed E-state index contributed by atoms with van der Waals surface area (Å²) in [6.45, 7) is 4.98. The van der Waals surface area contributed by atoms with E-state index in [2.05, 4.69) is 0 Å². The van der Waals surface area contributed by atoms with E-state index in [1.165, 1.54) is 0 Å². The Morgan fingerprint density at radius 1 is 1.00 bits per heavy atom. The van der Waals surface area contributed by atoms with Gasteiger partial charge >= 0.3 is 0 Å². The van der Waals surface area contributed by atoms with Crippen molar-refractivity contribution in [1.82, 2.24) is 14.4 Å². The molecule has 164 valence electrons. The van der Waals surface area contributed by atoms with Crippen molar-refractivity contribution >= 4 is 11.8 Å². The number of hydrogen-bond acceptors (Lipinski definition) is 4. The third-order valence-corrected chi connectivity index (χ3v) is 4.88. The van der Waals surface area contributed by atoms with Crippen molar-refractivity contribution in [1.29, 1.82) is 0 Å². The maximum atomic E-state index is 13.2. The second-order valence-electron chi connectivity index (χ2n) is 7.06. The summed E-state index contributed by atoms with van der Waals surface area (Å²) in [4.78, 5) is 29.6. The number of nitrogens with zero attached hydrogens (tertiary/aromatic N) is 3. The first-order valence-electron chi connectivity index (χ1n) is 10.4. The molecule has 1 aromatic heterocycles. The van der Waals surface area contributed by atoms with Gasteiger partial charge < -0.3 is 23.8 Å². The summed E-state index contributed by atoms with van der Waals surface area (Å²) in [6, 6.07) is 13.0. The molecular weight excluding hydrogens is 382 g/mol. The zero-order valence-corrected chi connectivity index (χ0v) is 18.3. The largest absolute Gasteiger partial charge is 0.383 e.